The lowest BCUT2D eigenvalue weighted by atomic mass is 10.1. The molecule has 2 aromatic heterocycles. The van der Waals surface area contributed by atoms with Crippen LogP contribution in [-0.4, -0.2) is 73.2 Å². The van der Waals surface area contributed by atoms with Crippen molar-refractivity contribution in [1.82, 2.24) is 29.8 Å². The smallest absolute Gasteiger partial charge is 0.326 e. The quantitative estimate of drug-likeness (QED) is 0.181. The Morgan fingerprint density at radius 1 is 1.34 bits per heavy atom. The van der Waals surface area contributed by atoms with Crippen LogP contribution in [0.2, 0.25) is 0 Å². The lowest BCUT2D eigenvalue weighted by Crippen LogP contribution is -2.47. The second-order valence-corrected chi connectivity index (χ2v) is 9.00. The molecule has 174 valence electrons. The van der Waals surface area contributed by atoms with Gasteiger partial charge < -0.3 is 20.4 Å². The van der Waals surface area contributed by atoms with Crippen LogP contribution in [0.1, 0.15) is 16.8 Å². The lowest BCUT2D eigenvalue weighted by Gasteiger charge is -2.31. The number of anilines is 1. The van der Waals surface area contributed by atoms with Crippen LogP contribution in [0.3, 0.4) is 0 Å². The van der Waals surface area contributed by atoms with E-state index in [4.69, 9.17) is 0 Å². The molecule has 12 nitrogen and oxygen atoms in total. The maximum atomic E-state index is 12.5. The van der Waals surface area contributed by atoms with Crippen molar-refractivity contribution < 1.29 is 23.4 Å². The highest BCUT2D eigenvalue weighted by Gasteiger charge is 2.24. The zero-order chi connectivity index (χ0) is 23.1. The lowest BCUT2D eigenvalue weighted by molar-refractivity contribution is -0.142. The number of rotatable bonds is 11. The molecule has 0 aliphatic carbocycles. The van der Waals surface area contributed by atoms with Gasteiger partial charge in [0.15, 0.2) is 5.95 Å². The van der Waals surface area contributed by atoms with Gasteiger partial charge in [0.2, 0.25) is 0 Å². The number of amides is 1. The molecule has 0 spiro atoms. The summed E-state index contributed by atoms with van der Waals surface area (Å²) in [5.74, 6) is -0.407. The van der Waals surface area contributed by atoms with E-state index in [1.54, 1.807) is 30.7 Å². The average molecular weight is 466 g/mol. The van der Waals surface area contributed by atoms with E-state index in [1.807, 2.05) is 10.7 Å². The number of methoxy groups -OCH3 is 1. The van der Waals surface area contributed by atoms with Crippen molar-refractivity contribution in [3.8, 4) is 0 Å². The number of esters is 1. The van der Waals surface area contributed by atoms with Crippen LogP contribution in [0.5, 0.6) is 0 Å². The average Bonchev–Trinajstić information content (AvgIpc) is 3.42. The number of aryl methyl sites for hydroxylation is 1. The van der Waals surface area contributed by atoms with Gasteiger partial charge in [-0.05, 0) is 24.6 Å². The third kappa shape index (κ3) is 6.43. The third-order valence-electron chi connectivity index (χ3n) is 4.56. The molecule has 6 N–H and O–H groups in total. The van der Waals surface area contributed by atoms with E-state index < -0.39 is 28.7 Å². The van der Waals surface area contributed by atoms with E-state index in [-0.39, 0.29) is 6.54 Å². The highest BCUT2D eigenvalue weighted by Crippen LogP contribution is 2.28. The molecule has 1 atom stereocenters. The molecule has 0 radical (unpaired) electrons. The Morgan fingerprint density at radius 2 is 2.16 bits per heavy atom. The van der Waals surface area contributed by atoms with E-state index in [9.17, 15) is 18.7 Å². The van der Waals surface area contributed by atoms with Crippen molar-refractivity contribution in [2.45, 2.75) is 19.0 Å². The topological polar surface area (TPSA) is 166 Å². The van der Waals surface area contributed by atoms with Gasteiger partial charge in [-0.1, -0.05) is 0 Å². The Bertz CT molecular complexity index is 1050. The van der Waals surface area contributed by atoms with Crippen LogP contribution in [0.25, 0.3) is 10.9 Å². The fraction of sp³-hybridized carbons (Fsp3) is 0.368. The highest BCUT2D eigenvalue weighted by molar-refractivity contribution is 8.22. The molecule has 0 aliphatic heterocycles. The Balaban J connectivity index is 1.57. The first-order valence-electron chi connectivity index (χ1n) is 9.82. The Hall–Kier alpha value is -3.13. The Kier molecular flexibility index (Phi) is 7.69. The third-order valence-corrected chi connectivity index (χ3v) is 5.29. The van der Waals surface area contributed by atoms with Gasteiger partial charge in [0.25, 0.3) is 5.91 Å². The van der Waals surface area contributed by atoms with Crippen molar-refractivity contribution in [1.29, 1.82) is 0 Å². The minimum atomic E-state index is -3.16. The summed E-state index contributed by atoms with van der Waals surface area (Å²) in [7, 11) is -1.98. The van der Waals surface area contributed by atoms with Crippen LogP contribution < -0.4 is 15.4 Å². The summed E-state index contributed by atoms with van der Waals surface area (Å²) in [4.78, 5) is 31.5. The SMILES string of the molecule is COC(=O)C(CNC(=O)c1ccc2c(cnn2CCCNc2ncc[nH]2)c1)NS(C)(O)O. The number of hydrogen-bond donors (Lipinski definition) is 6. The van der Waals surface area contributed by atoms with E-state index >= 15 is 0 Å². The van der Waals surface area contributed by atoms with E-state index in [2.05, 4.69) is 35.2 Å². The predicted octanol–water partition coefficient (Wildman–Crippen LogP) is 1.42. The Labute approximate surface area is 186 Å². The number of hydrogen-bond acceptors (Lipinski definition) is 9. The van der Waals surface area contributed by atoms with Crippen molar-refractivity contribution in [2.24, 2.45) is 0 Å². The number of ether oxygens (including phenoxy) is 1. The number of aromatic nitrogens is 4. The van der Waals surface area contributed by atoms with Gasteiger partial charge in [0, 0.05) is 49.2 Å². The molecular formula is C19H27N7O5S. The van der Waals surface area contributed by atoms with Crippen molar-refractivity contribution >= 4 is 39.5 Å². The first-order valence-corrected chi connectivity index (χ1v) is 11.8. The van der Waals surface area contributed by atoms with Crippen LogP contribution in [0.4, 0.5) is 5.95 Å². The number of benzene rings is 1. The molecule has 1 unspecified atom stereocenters. The van der Waals surface area contributed by atoms with E-state index in [1.165, 1.54) is 7.11 Å². The Morgan fingerprint density at radius 3 is 2.84 bits per heavy atom. The number of H-pyrrole nitrogens is 1. The molecule has 0 saturated heterocycles. The van der Waals surface area contributed by atoms with Gasteiger partial charge >= 0.3 is 5.97 Å². The number of nitrogens with one attached hydrogen (secondary N) is 4. The molecule has 3 aromatic rings. The van der Waals surface area contributed by atoms with Gasteiger partial charge in [-0.25, -0.2) is 9.71 Å². The molecule has 0 fully saturated rings. The van der Waals surface area contributed by atoms with Crippen LogP contribution in [-0.2, 0) is 16.1 Å². The summed E-state index contributed by atoms with van der Waals surface area (Å²) in [6.07, 6.45) is 7.10. The molecule has 1 aromatic carbocycles. The fourth-order valence-electron chi connectivity index (χ4n) is 3.09. The van der Waals surface area contributed by atoms with Crippen LogP contribution in [0, 0.1) is 0 Å². The second kappa shape index (κ2) is 10.5. The second-order valence-electron chi connectivity index (χ2n) is 7.10. The molecule has 1 amide bonds. The molecule has 0 saturated carbocycles. The minimum absolute atomic E-state index is 0.171. The maximum absolute atomic E-state index is 12.5. The summed E-state index contributed by atoms with van der Waals surface area (Å²) in [6.45, 7) is 1.25. The summed E-state index contributed by atoms with van der Waals surface area (Å²) in [6, 6.07) is 4.10. The largest absolute Gasteiger partial charge is 0.468 e. The summed E-state index contributed by atoms with van der Waals surface area (Å²) < 4.78 is 28.0. The zero-order valence-corrected chi connectivity index (χ0v) is 18.6. The van der Waals surface area contributed by atoms with Gasteiger partial charge in [-0.15, -0.1) is 10.8 Å². The van der Waals surface area contributed by atoms with Gasteiger partial charge in [0.1, 0.15) is 6.04 Å². The molecule has 13 heteroatoms. The van der Waals surface area contributed by atoms with Crippen molar-refractivity contribution in [2.75, 3.05) is 31.8 Å². The first-order chi connectivity index (χ1) is 15.3. The molecule has 32 heavy (non-hydrogen) atoms. The molecular weight excluding hydrogens is 438 g/mol. The maximum Gasteiger partial charge on any atom is 0.326 e. The van der Waals surface area contributed by atoms with E-state index in [0.29, 0.717) is 12.1 Å². The highest BCUT2D eigenvalue weighted by atomic mass is 32.3. The number of aromatic amines is 1. The van der Waals surface area contributed by atoms with Gasteiger partial charge in [0.05, 0.1) is 18.8 Å². The minimum Gasteiger partial charge on any atom is -0.468 e. The van der Waals surface area contributed by atoms with Crippen LogP contribution >= 0.6 is 10.8 Å². The normalized spacial score (nSPS) is 13.0. The summed E-state index contributed by atoms with van der Waals surface area (Å²) in [5, 5.41) is 11.0. The number of nitrogens with zero attached hydrogens (tertiary/aromatic N) is 3. The summed E-state index contributed by atoms with van der Waals surface area (Å²) >= 11 is 0. The molecule has 3 rings (SSSR count). The standard InChI is InChI=1S/C19H27N7O5S/c1-31-18(28)15(25-32(2,29)30)12-23-17(27)13-4-5-16-14(10-13)11-24-26(16)9-3-6-20-19-21-7-8-22-19/h4-5,7-8,10-11,15,25,29-30H,3,6,9,12H2,1-2H3,(H,23,27)(H2,20,21,22). The van der Waals surface area contributed by atoms with Crippen LogP contribution in [0.15, 0.2) is 36.8 Å². The summed E-state index contributed by atoms with van der Waals surface area (Å²) in [5.41, 5.74) is 1.29. The van der Waals surface area contributed by atoms with E-state index in [0.717, 1.165) is 36.1 Å². The van der Waals surface area contributed by atoms with Crippen molar-refractivity contribution in [3.05, 3.63) is 42.4 Å². The van der Waals surface area contributed by atoms with Gasteiger partial charge in [-0.3, -0.25) is 23.4 Å². The van der Waals surface area contributed by atoms with Crippen molar-refractivity contribution in [3.63, 3.8) is 0 Å². The number of carbonyl (C=O) groups is 2. The number of carbonyl (C=O) groups excluding carboxylic acids is 2. The molecule has 0 bridgehead atoms. The monoisotopic (exact) mass is 465 g/mol. The van der Waals surface area contributed by atoms with Gasteiger partial charge in [-0.2, -0.15) is 5.10 Å². The number of fused-ring (bicyclic) bond motifs is 1. The fourth-order valence-corrected chi connectivity index (χ4v) is 3.80. The zero-order valence-electron chi connectivity index (χ0n) is 17.7. The predicted molar refractivity (Wildman–Crippen MR) is 121 cm³/mol. The molecule has 2 heterocycles. The first kappa shape index (κ1) is 23.5. The molecule has 0 aliphatic rings. The number of imidazole rings is 1.